The fourth-order valence-electron chi connectivity index (χ4n) is 5.23. The van der Waals surface area contributed by atoms with Gasteiger partial charge in [-0.2, -0.15) is 0 Å². The van der Waals surface area contributed by atoms with E-state index in [1.165, 1.54) is 19.2 Å². The number of anilines is 1. The predicted molar refractivity (Wildman–Crippen MR) is 141 cm³/mol. The highest BCUT2D eigenvalue weighted by Gasteiger charge is 2.39. The Labute approximate surface area is 221 Å². The summed E-state index contributed by atoms with van der Waals surface area (Å²) in [5, 5.41) is 14.9. The third-order valence-electron chi connectivity index (χ3n) is 6.83. The lowest BCUT2D eigenvalue weighted by molar-refractivity contribution is -0.121. The Kier molecular flexibility index (Phi) is 7.73. The summed E-state index contributed by atoms with van der Waals surface area (Å²) in [6.45, 7) is 3.92. The van der Waals surface area contributed by atoms with Crippen molar-refractivity contribution in [3.8, 4) is 11.5 Å². The molecule has 1 aliphatic heterocycles. The minimum atomic E-state index is -1.53. The fraction of sp³-hybridized carbons (Fsp3) is 0.333. The van der Waals surface area contributed by atoms with Crippen LogP contribution >= 0.6 is 0 Å². The molecule has 200 valence electrons. The summed E-state index contributed by atoms with van der Waals surface area (Å²) >= 11 is 0. The smallest absolute Gasteiger partial charge is 0.338 e. The van der Waals surface area contributed by atoms with Gasteiger partial charge in [-0.1, -0.05) is 32.0 Å². The van der Waals surface area contributed by atoms with Gasteiger partial charge in [0.15, 0.2) is 0 Å². The number of ether oxygens (including phenoxy) is 3. The number of fused-ring (bicyclic) bond motifs is 1. The summed E-state index contributed by atoms with van der Waals surface area (Å²) in [5.74, 6) is -0.126. The molecule has 0 aromatic heterocycles. The molecule has 1 aliphatic rings. The van der Waals surface area contributed by atoms with Crippen molar-refractivity contribution in [2.24, 2.45) is 0 Å². The molecule has 0 bridgehead atoms. The summed E-state index contributed by atoms with van der Waals surface area (Å²) in [5.41, 5.74) is 0.684. The lowest BCUT2D eigenvalue weighted by Crippen LogP contribution is -2.42. The molecule has 4 rings (SSSR count). The maximum absolute atomic E-state index is 14.2. The van der Waals surface area contributed by atoms with Crippen LogP contribution in [0.1, 0.15) is 53.7 Å². The number of para-hydroxylation sites is 1. The van der Waals surface area contributed by atoms with Crippen molar-refractivity contribution in [1.29, 1.82) is 0 Å². The predicted octanol–water partition coefficient (Wildman–Crippen LogP) is 5.18. The second-order valence-electron chi connectivity index (χ2n) is 10.3. The quantitative estimate of drug-likeness (QED) is 0.357. The van der Waals surface area contributed by atoms with Gasteiger partial charge in [-0.15, -0.1) is 0 Å². The summed E-state index contributed by atoms with van der Waals surface area (Å²) in [6.07, 6.45) is 0.00839. The lowest BCUT2D eigenvalue weighted by atomic mass is 9.71. The zero-order valence-corrected chi connectivity index (χ0v) is 22.0. The van der Waals surface area contributed by atoms with Crippen molar-refractivity contribution >= 4 is 17.6 Å². The highest BCUT2D eigenvalue weighted by atomic mass is 19.1. The number of carbonyl (C=O) groups is 2. The van der Waals surface area contributed by atoms with Crippen LogP contribution in [-0.2, 0) is 28.0 Å². The van der Waals surface area contributed by atoms with Gasteiger partial charge >= 0.3 is 5.97 Å². The van der Waals surface area contributed by atoms with Gasteiger partial charge in [-0.25, -0.2) is 9.18 Å². The number of halogens is 1. The van der Waals surface area contributed by atoms with E-state index in [-0.39, 0.29) is 31.8 Å². The number of carbonyl (C=O) groups excluding carboxylic acids is 2. The number of cyclic esters (lactones) is 1. The molecule has 3 aromatic rings. The Morgan fingerprint density at radius 3 is 2.53 bits per heavy atom. The number of amides is 1. The first-order valence-corrected chi connectivity index (χ1v) is 12.3. The molecular weight excluding hydrogens is 489 g/mol. The average Bonchev–Trinajstić information content (AvgIpc) is 3.23. The zero-order chi connectivity index (χ0) is 27.5. The number of rotatable bonds is 10. The number of benzene rings is 3. The number of hydrogen-bond donors (Lipinski definition) is 2. The van der Waals surface area contributed by atoms with Crippen LogP contribution < -0.4 is 14.8 Å². The first-order chi connectivity index (χ1) is 18.0. The van der Waals surface area contributed by atoms with Crippen molar-refractivity contribution in [2.45, 2.75) is 50.7 Å². The van der Waals surface area contributed by atoms with Crippen molar-refractivity contribution in [1.82, 2.24) is 0 Å². The van der Waals surface area contributed by atoms with E-state index in [2.05, 4.69) is 5.32 Å². The van der Waals surface area contributed by atoms with Crippen LogP contribution in [0.15, 0.2) is 60.7 Å². The summed E-state index contributed by atoms with van der Waals surface area (Å²) in [6, 6.07) is 16.5. The van der Waals surface area contributed by atoms with E-state index in [1.807, 2.05) is 32.0 Å². The Bertz CT molecular complexity index is 1350. The van der Waals surface area contributed by atoms with Crippen LogP contribution in [0.3, 0.4) is 0 Å². The number of methoxy groups -OCH3 is 2. The van der Waals surface area contributed by atoms with Crippen molar-refractivity contribution < 1.29 is 33.3 Å². The van der Waals surface area contributed by atoms with Gasteiger partial charge in [0.05, 0.1) is 31.8 Å². The normalized spacial score (nSPS) is 14.3. The van der Waals surface area contributed by atoms with Gasteiger partial charge < -0.3 is 24.6 Å². The maximum Gasteiger partial charge on any atom is 0.338 e. The molecule has 2 N–H and O–H groups in total. The second kappa shape index (κ2) is 10.8. The SMILES string of the molecule is COc1ccccc1CC(O)(CC(=O)Nc1ccc2c(c1)COC2=O)CC(C)(C)c1cc(F)ccc1OC. The third kappa shape index (κ3) is 5.97. The van der Waals surface area contributed by atoms with Crippen LogP contribution in [0.25, 0.3) is 0 Å². The minimum Gasteiger partial charge on any atom is -0.496 e. The van der Waals surface area contributed by atoms with E-state index >= 15 is 0 Å². The van der Waals surface area contributed by atoms with Gasteiger partial charge in [-0.3, -0.25) is 4.79 Å². The molecule has 0 fully saturated rings. The summed E-state index contributed by atoms with van der Waals surface area (Å²) in [4.78, 5) is 25.0. The second-order valence-corrected chi connectivity index (χ2v) is 10.3. The summed E-state index contributed by atoms with van der Waals surface area (Å²) in [7, 11) is 3.06. The molecule has 1 atom stereocenters. The van der Waals surface area contributed by atoms with Crippen LogP contribution in [0.2, 0.25) is 0 Å². The molecule has 8 heteroatoms. The molecular formula is C30H32FNO6. The zero-order valence-electron chi connectivity index (χ0n) is 22.0. The summed E-state index contributed by atoms with van der Waals surface area (Å²) < 4.78 is 30.2. The molecule has 0 spiro atoms. The number of hydrogen-bond acceptors (Lipinski definition) is 6. The van der Waals surface area contributed by atoms with Gasteiger partial charge in [0.25, 0.3) is 0 Å². The van der Waals surface area contributed by atoms with Crippen molar-refractivity contribution in [3.63, 3.8) is 0 Å². The largest absolute Gasteiger partial charge is 0.496 e. The molecule has 0 aliphatic carbocycles. The van der Waals surface area contributed by atoms with E-state index < -0.39 is 22.7 Å². The Balaban J connectivity index is 1.63. The van der Waals surface area contributed by atoms with Crippen LogP contribution in [-0.4, -0.2) is 36.8 Å². The van der Waals surface area contributed by atoms with Gasteiger partial charge in [0.2, 0.25) is 5.91 Å². The van der Waals surface area contributed by atoms with Gasteiger partial charge in [0, 0.05) is 23.2 Å². The molecule has 1 unspecified atom stereocenters. The Morgan fingerprint density at radius 1 is 1.05 bits per heavy atom. The van der Waals surface area contributed by atoms with Crippen molar-refractivity contribution in [3.05, 3.63) is 88.7 Å². The van der Waals surface area contributed by atoms with Crippen LogP contribution in [0.4, 0.5) is 10.1 Å². The van der Waals surface area contributed by atoms with E-state index in [4.69, 9.17) is 14.2 Å². The Morgan fingerprint density at radius 2 is 1.79 bits per heavy atom. The highest BCUT2D eigenvalue weighted by Crippen LogP contribution is 2.41. The lowest BCUT2D eigenvalue weighted by Gasteiger charge is -2.37. The van der Waals surface area contributed by atoms with Crippen LogP contribution in [0.5, 0.6) is 11.5 Å². The number of nitrogens with one attached hydrogen (secondary N) is 1. The molecule has 7 nitrogen and oxygen atoms in total. The molecule has 38 heavy (non-hydrogen) atoms. The fourth-order valence-corrected chi connectivity index (χ4v) is 5.23. The van der Waals surface area contributed by atoms with Crippen LogP contribution in [0, 0.1) is 5.82 Å². The molecule has 0 saturated heterocycles. The number of esters is 1. The number of aliphatic hydroxyl groups is 1. The monoisotopic (exact) mass is 521 g/mol. The van der Waals surface area contributed by atoms with Gasteiger partial charge in [0.1, 0.15) is 23.9 Å². The van der Waals surface area contributed by atoms with E-state index in [0.717, 1.165) is 5.56 Å². The standard InChI is InChI=1S/C30H32FNO6/c1-29(2,24-14-21(31)9-12-26(24)37-4)18-30(35,15-19-7-5-6-8-25(19)36-3)16-27(33)32-22-10-11-23-20(13-22)17-38-28(23)34/h5-14,35H,15-18H2,1-4H3,(H,32,33). The van der Waals surface area contributed by atoms with E-state index in [1.54, 1.807) is 37.4 Å². The molecule has 1 heterocycles. The van der Waals surface area contributed by atoms with E-state index in [0.29, 0.717) is 33.9 Å². The highest BCUT2D eigenvalue weighted by molar-refractivity contribution is 5.96. The molecule has 1 amide bonds. The molecule has 0 saturated carbocycles. The topological polar surface area (TPSA) is 94.1 Å². The van der Waals surface area contributed by atoms with Crippen molar-refractivity contribution in [2.75, 3.05) is 19.5 Å². The minimum absolute atomic E-state index is 0.123. The average molecular weight is 522 g/mol. The third-order valence-corrected chi connectivity index (χ3v) is 6.83. The molecule has 3 aromatic carbocycles. The first-order valence-electron chi connectivity index (χ1n) is 12.3. The van der Waals surface area contributed by atoms with Gasteiger partial charge in [-0.05, 0) is 59.9 Å². The Hall–Kier alpha value is -3.91. The van der Waals surface area contributed by atoms with E-state index in [9.17, 15) is 19.1 Å². The molecule has 0 radical (unpaired) electrons. The maximum atomic E-state index is 14.2. The first kappa shape index (κ1) is 27.1.